The van der Waals surface area contributed by atoms with Crippen LogP contribution in [0.5, 0.6) is 11.5 Å². The van der Waals surface area contributed by atoms with Gasteiger partial charge in [0.2, 0.25) is 0 Å². The minimum absolute atomic E-state index is 0.00407. The van der Waals surface area contributed by atoms with Crippen molar-refractivity contribution in [1.82, 2.24) is 19.6 Å². The maximum Gasteiger partial charge on any atom is 0.327 e. The van der Waals surface area contributed by atoms with Crippen molar-refractivity contribution in [1.29, 1.82) is 0 Å². The molecule has 2 atom stereocenters. The zero-order valence-corrected chi connectivity index (χ0v) is 22.3. The van der Waals surface area contributed by atoms with Crippen LogP contribution in [0, 0.1) is 5.92 Å². The highest BCUT2D eigenvalue weighted by atomic mass is 16.6. The molecule has 0 spiro atoms. The molecule has 0 aliphatic carbocycles. The molecule has 2 unspecified atom stereocenters. The molecule has 38 heavy (non-hydrogen) atoms. The summed E-state index contributed by atoms with van der Waals surface area (Å²) in [6.07, 6.45) is 3.67. The molecule has 3 heterocycles. The quantitative estimate of drug-likeness (QED) is 0.423. The van der Waals surface area contributed by atoms with E-state index in [4.69, 9.17) is 14.3 Å². The summed E-state index contributed by atoms with van der Waals surface area (Å²) < 4.78 is 12.9. The molecule has 0 N–H and O–H groups in total. The lowest BCUT2D eigenvalue weighted by Gasteiger charge is -2.41. The summed E-state index contributed by atoms with van der Waals surface area (Å²) in [5.41, 5.74) is 3.80. The van der Waals surface area contributed by atoms with E-state index in [9.17, 15) is 4.79 Å². The lowest BCUT2D eigenvalue weighted by molar-refractivity contribution is 0.0712. The third-order valence-electron chi connectivity index (χ3n) is 7.10. The fourth-order valence-electron chi connectivity index (χ4n) is 4.94. The number of nitrogens with zero attached hydrogens (tertiary/aromatic N) is 6. The van der Waals surface area contributed by atoms with Crippen molar-refractivity contribution < 1.29 is 19.1 Å². The number of carbonyl (C=O) groups is 1. The fourth-order valence-corrected chi connectivity index (χ4v) is 4.94. The predicted molar refractivity (Wildman–Crippen MR) is 144 cm³/mol. The van der Waals surface area contributed by atoms with Crippen molar-refractivity contribution >= 4 is 17.4 Å². The average molecular weight is 519 g/mol. The summed E-state index contributed by atoms with van der Waals surface area (Å²) >= 11 is 0. The first-order valence-electron chi connectivity index (χ1n) is 12.7. The molecule has 3 aromatic rings. The number of amides is 2. The van der Waals surface area contributed by atoms with Crippen molar-refractivity contribution in [3.05, 3.63) is 72.1 Å². The number of hydrogen-bond donors (Lipinski definition) is 0. The standard InChI is InChI=1S/C28H34N6O4/c1-20-26(21(2)38-30-20)17-33-16-24(13-29-33)34-19-31(15-23-10-11-25(36-3)12-27(23)37-4)18-32(28(34)35)14-22-8-6-5-7-9-22/h5-13,16,21,26H,14-15,17-19H2,1-4H3. The molecule has 1 saturated heterocycles. The van der Waals surface area contributed by atoms with Gasteiger partial charge in [-0.25, -0.2) is 4.79 Å². The zero-order chi connectivity index (χ0) is 26.6. The SMILES string of the molecule is COc1ccc(CN2CN(Cc3ccccc3)C(=O)N(c3cnn(CC4C(C)=NOC4C)c3)C2)c(OC)c1. The molecule has 2 aliphatic heterocycles. The summed E-state index contributed by atoms with van der Waals surface area (Å²) in [5, 5.41) is 8.67. The minimum Gasteiger partial charge on any atom is -0.497 e. The number of methoxy groups -OCH3 is 2. The fraction of sp³-hybridized carbons (Fsp3) is 0.393. The van der Waals surface area contributed by atoms with Gasteiger partial charge in [0.1, 0.15) is 17.6 Å². The summed E-state index contributed by atoms with van der Waals surface area (Å²) in [6, 6.07) is 15.8. The van der Waals surface area contributed by atoms with Gasteiger partial charge in [0.15, 0.2) is 0 Å². The van der Waals surface area contributed by atoms with Crippen LogP contribution in [0.2, 0.25) is 0 Å². The van der Waals surface area contributed by atoms with Gasteiger partial charge < -0.3 is 19.2 Å². The number of rotatable bonds is 9. The Morgan fingerprint density at radius 3 is 2.58 bits per heavy atom. The highest BCUT2D eigenvalue weighted by molar-refractivity contribution is 5.92. The van der Waals surface area contributed by atoms with Crippen molar-refractivity contribution in [2.24, 2.45) is 11.1 Å². The van der Waals surface area contributed by atoms with Gasteiger partial charge >= 0.3 is 6.03 Å². The molecule has 0 saturated carbocycles. The van der Waals surface area contributed by atoms with Crippen molar-refractivity contribution in [2.75, 3.05) is 32.5 Å². The number of ether oxygens (including phenoxy) is 2. The second-order valence-corrected chi connectivity index (χ2v) is 9.75. The van der Waals surface area contributed by atoms with Crippen LogP contribution in [-0.2, 0) is 24.5 Å². The van der Waals surface area contributed by atoms with E-state index in [1.54, 1.807) is 25.3 Å². The van der Waals surface area contributed by atoms with Gasteiger partial charge in [0.25, 0.3) is 0 Å². The van der Waals surface area contributed by atoms with E-state index in [0.29, 0.717) is 33.0 Å². The van der Waals surface area contributed by atoms with Gasteiger partial charge in [-0.2, -0.15) is 5.10 Å². The molecule has 200 valence electrons. The Morgan fingerprint density at radius 2 is 1.87 bits per heavy atom. The van der Waals surface area contributed by atoms with Crippen LogP contribution in [0.25, 0.3) is 0 Å². The normalized spacial score (nSPS) is 19.9. The van der Waals surface area contributed by atoms with Gasteiger partial charge in [-0.1, -0.05) is 41.6 Å². The van der Waals surface area contributed by atoms with Crippen molar-refractivity contribution in [3.8, 4) is 11.5 Å². The third-order valence-corrected chi connectivity index (χ3v) is 7.10. The van der Waals surface area contributed by atoms with Crippen LogP contribution in [0.4, 0.5) is 10.5 Å². The van der Waals surface area contributed by atoms with Crippen LogP contribution in [0.15, 0.2) is 66.1 Å². The molecule has 2 aromatic carbocycles. The van der Waals surface area contributed by atoms with Crippen molar-refractivity contribution in [2.45, 2.75) is 39.6 Å². The summed E-state index contributed by atoms with van der Waals surface area (Å²) in [4.78, 5) is 25.0. The molecule has 2 aliphatic rings. The number of hydrogen-bond acceptors (Lipinski definition) is 7. The van der Waals surface area contributed by atoms with Gasteiger partial charge in [-0.15, -0.1) is 0 Å². The van der Waals surface area contributed by atoms with Gasteiger partial charge in [0.05, 0.1) is 57.6 Å². The Kier molecular flexibility index (Phi) is 7.50. The first-order chi connectivity index (χ1) is 18.4. The van der Waals surface area contributed by atoms with Gasteiger partial charge in [0, 0.05) is 30.9 Å². The lowest BCUT2D eigenvalue weighted by atomic mass is 10.00. The Bertz CT molecular complexity index is 1290. The van der Waals surface area contributed by atoms with Crippen LogP contribution < -0.4 is 14.4 Å². The Hall–Kier alpha value is -4.05. The second-order valence-electron chi connectivity index (χ2n) is 9.75. The van der Waals surface area contributed by atoms with E-state index in [1.165, 1.54) is 0 Å². The summed E-state index contributed by atoms with van der Waals surface area (Å²) in [6.45, 7) is 6.64. The molecular formula is C28H34N6O4. The Balaban J connectivity index is 1.39. The van der Waals surface area contributed by atoms with E-state index in [-0.39, 0.29) is 18.1 Å². The van der Waals surface area contributed by atoms with E-state index >= 15 is 0 Å². The van der Waals surface area contributed by atoms with Crippen molar-refractivity contribution in [3.63, 3.8) is 0 Å². The van der Waals surface area contributed by atoms with Crippen LogP contribution in [0.3, 0.4) is 0 Å². The Labute approximate surface area is 223 Å². The number of oxime groups is 1. The largest absolute Gasteiger partial charge is 0.497 e. The maximum atomic E-state index is 13.7. The molecule has 2 amide bonds. The number of anilines is 1. The number of urea groups is 1. The molecular weight excluding hydrogens is 484 g/mol. The molecule has 5 rings (SSSR count). The second kappa shape index (κ2) is 11.1. The van der Waals surface area contributed by atoms with E-state index in [1.807, 2.05) is 78.2 Å². The first-order valence-corrected chi connectivity index (χ1v) is 12.7. The number of carbonyl (C=O) groups excluding carboxylic acids is 1. The zero-order valence-electron chi connectivity index (χ0n) is 22.3. The Morgan fingerprint density at radius 1 is 1.05 bits per heavy atom. The highest BCUT2D eigenvalue weighted by Crippen LogP contribution is 2.29. The van der Waals surface area contributed by atoms with E-state index < -0.39 is 0 Å². The molecule has 10 heteroatoms. The summed E-state index contributed by atoms with van der Waals surface area (Å²) in [7, 11) is 3.29. The van der Waals surface area contributed by atoms with Crippen LogP contribution in [0.1, 0.15) is 25.0 Å². The molecule has 0 bridgehead atoms. The molecule has 0 radical (unpaired) electrons. The van der Waals surface area contributed by atoms with Gasteiger partial charge in [-0.05, 0) is 25.5 Å². The highest BCUT2D eigenvalue weighted by Gasteiger charge is 2.33. The lowest BCUT2D eigenvalue weighted by Crippen LogP contribution is -2.57. The van der Waals surface area contributed by atoms with E-state index in [0.717, 1.165) is 34.0 Å². The molecule has 10 nitrogen and oxygen atoms in total. The van der Waals surface area contributed by atoms with Gasteiger partial charge in [-0.3, -0.25) is 14.5 Å². The number of benzene rings is 2. The molecule has 1 fully saturated rings. The first kappa shape index (κ1) is 25.6. The number of aromatic nitrogens is 2. The topological polar surface area (TPSA) is 84.7 Å². The minimum atomic E-state index is -0.0540. The monoisotopic (exact) mass is 518 g/mol. The maximum absolute atomic E-state index is 13.7. The van der Waals surface area contributed by atoms with Crippen LogP contribution >= 0.6 is 0 Å². The third kappa shape index (κ3) is 5.45. The van der Waals surface area contributed by atoms with Crippen LogP contribution in [-0.4, -0.2) is 65.0 Å². The summed E-state index contributed by atoms with van der Waals surface area (Å²) in [5.74, 6) is 1.63. The predicted octanol–water partition coefficient (Wildman–Crippen LogP) is 4.17. The average Bonchev–Trinajstić information content (AvgIpc) is 3.53. The van der Waals surface area contributed by atoms with E-state index in [2.05, 4.69) is 15.2 Å². The molecule has 1 aromatic heterocycles. The smallest absolute Gasteiger partial charge is 0.327 e.